The molecule has 1 amide bonds. The zero-order chi connectivity index (χ0) is 15.2. The van der Waals surface area contributed by atoms with Crippen molar-refractivity contribution >= 4 is 34.8 Å². The first-order valence-electron chi connectivity index (χ1n) is 6.06. The van der Waals surface area contributed by atoms with E-state index in [1.165, 1.54) is 0 Å². The summed E-state index contributed by atoms with van der Waals surface area (Å²) in [6.07, 6.45) is 0. The van der Waals surface area contributed by atoms with Crippen molar-refractivity contribution in [1.82, 2.24) is 0 Å². The van der Waals surface area contributed by atoms with E-state index in [9.17, 15) is 4.79 Å². The van der Waals surface area contributed by atoms with Crippen LogP contribution < -0.4 is 5.32 Å². The highest BCUT2D eigenvalue weighted by Gasteiger charge is 2.08. The highest BCUT2D eigenvalue weighted by atomic mass is 35.5. The predicted molar refractivity (Wildman–Crippen MR) is 84.8 cm³/mol. The number of carbonyl (C=O) groups excluding carboxylic acids is 1. The Morgan fingerprint density at radius 3 is 2.52 bits per heavy atom. The molecule has 0 saturated carbocycles. The molecule has 0 aliphatic heterocycles. The highest BCUT2D eigenvalue weighted by Crippen LogP contribution is 2.23. The second kappa shape index (κ2) is 7.14. The number of aliphatic hydroxyl groups excluding tert-OH is 1. The largest absolute Gasteiger partial charge is 0.384 e. The third-order valence-electron chi connectivity index (χ3n) is 2.63. The van der Waals surface area contributed by atoms with Gasteiger partial charge in [0.15, 0.2) is 0 Å². The van der Waals surface area contributed by atoms with Crippen LogP contribution in [0.2, 0.25) is 10.0 Å². The zero-order valence-corrected chi connectivity index (χ0v) is 12.4. The average Bonchev–Trinajstić information content (AvgIpc) is 2.48. The van der Waals surface area contributed by atoms with E-state index in [0.717, 1.165) is 0 Å². The van der Waals surface area contributed by atoms with Gasteiger partial charge in [0.25, 0.3) is 5.91 Å². The van der Waals surface area contributed by atoms with Crippen LogP contribution in [0.4, 0.5) is 5.69 Å². The maximum atomic E-state index is 12.1. The first kappa shape index (κ1) is 15.4. The minimum atomic E-state index is -0.291. The maximum absolute atomic E-state index is 12.1. The van der Waals surface area contributed by atoms with Crippen molar-refractivity contribution < 1.29 is 9.90 Å². The van der Waals surface area contributed by atoms with Gasteiger partial charge in [0, 0.05) is 16.1 Å². The van der Waals surface area contributed by atoms with Gasteiger partial charge in [-0.2, -0.15) is 0 Å². The first-order valence-corrected chi connectivity index (χ1v) is 6.82. The van der Waals surface area contributed by atoms with Crippen molar-refractivity contribution in [3.63, 3.8) is 0 Å². The Hall–Kier alpha value is -1.99. The van der Waals surface area contributed by atoms with Crippen LogP contribution in [0.3, 0.4) is 0 Å². The van der Waals surface area contributed by atoms with E-state index < -0.39 is 0 Å². The van der Waals surface area contributed by atoms with E-state index in [0.29, 0.717) is 26.9 Å². The van der Waals surface area contributed by atoms with Crippen LogP contribution in [0.5, 0.6) is 0 Å². The molecule has 2 N–H and O–H groups in total. The lowest BCUT2D eigenvalue weighted by Crippen LogP contribution is -2.12. The molecule has 2 aromatic rings. The summed E-state index contributed by atoms with van der Waals surface area (Å²) in [5.41, 5.74) is 1.59. The molecule has 2 rings (SSSR count). The van der Waals surface area contributed by atoms with Gasteiger partial charge >= 0.3 is 0 Å². The molecule has 0 aliphatic rings. The molecule has 106 valence electrons. The number of hydrogen-bond donors (Lipinski definition) is 2. The van der Waals surface area contributed by atoms with E-state index >= 15 is 0 Å². The maximum Gasteiger partial charge on any atom is 0.255 e. The van der Waals surface area contributed by atoms with E-state index in [1.54, 1.807) is 42.5 Å². The molecule has 0 bridgehead atoms. The molecule has 0 aromatic heterocycles. The van der Waals surface area contributed by atoms with E-state index in [2.05, 4.69) is 17.2 Å². The van der Waals surface area contributed by atoms with E-state index in [-0.39, 0.29) is 12.5 Å². The van der Waals surface area contributed by atoms with Gasteiger partial charge < -0.3 is 10.4 Å². The lowest BCUT2D eigenvalue weighted by Gasteiger charge is -2.08. The van der Waals surface area contributed by atoms with Crippen molar-refractivity contribution in [3.8, 4) is 11.8 Å². The first-order chi connectivity index (χ1) is 10.1. The number of rotatable bonds is 2. The molecule has 0 aliphatic carbocycles. The normalized spacial score (nSPS) is 9.67. The number of nitrogens with one attached hydrogen (secondary N) is 1. The van der Waals surface area contributed by atoms with Gasteiger partial charge in [0.2, 0.25) is 0 Å². The molecule has 0 heterocycles. The third-order valence-corrected chi connectivity index (χ3v) is 3.21. The summed E-state index contributed by atoms with van der Waals surface area (Å²) in [6, 6.07) is 11.5. The zero-order valence-electron chi connectivity index (χ0n) is 10.9. The number of anilines is 1. The average molecular weight is 320 g/mol. The van der Waals surface area contributed by atoms with Crippen LogP contribution in [0.15, 0.2) is 42.5 Å². The second-order valence-electron chi connectivity index (χ2n) is 4.12. The lowest BCUT2D eigenvalue weighted by molar-refractivity contribution is 0.102. The van der Waals surface area contributed by atoms with E-state index in [4.69, 9.17) is 28.3 Å². The molecule has 0 atom stereocenters. The Bertz CT molecular complexity index is 715. The molecule has 2 aromatic carbocycles. The van der Waals surface area contributed by atoms with Gasteiger partial charge in [-0.1, -0.05) is 35.0 Å². The fourth-order valence-electron chi connectivity index (χ4n) is 1.64. The third kappa shape index (κ3) is 4.24. The molecule has 5 heteroatoms. The van der Waals surface area contributed by atoms with Gasteiger partial charge in [0.05, 0.1) is 10.7 Å². The van der Waals surface area contributed by atoms with Crippen LogP contribution in [-0.4, -0.2) is 17.6 Å². The highest BCUT2D eigenvalue weighted by molar-refractivity contribution is 6.34. The molecular formula is C16H11Cl2NO2. The van der Waals surface area contributed by atoms with Crippen LogP contribution in [0.25, 0.3) is 0 Å². The summed E-state index contributed by atoms with van der Waals surface area (Å²) < 4.78 is 0. The Balaban J connectivity index is 2.22. The Kier molecular flexibility index (Phi) is 5.24. The Morgan fingerprint density at radius 1 is 1.14 bits per heavy atom. The van der Waals surface area contributed by atoms with Crippen molar-refractivity contribution in [1.29, 1.82) is 0 Å². The van der Waals surface area contributed by atoms with Crippen LogP contribution in [0.1, 0.15) is 15.9 Å². The van der Waals surface area contributed by atoms with Gasteiger partial charge in [-0.25, -0.2) is 0 Å². The van der Waals surface area contributed by atoms with Gasteiger partial charge in [-0.05, 0) is 42.5 Å². The lowest BCUT2D eigenvalue weighted by atomic mass is 10.1. The second-order valence-corrected chi connectivity index (χ2v) is 4.96. The minimum Gasteiger partial charge on any atom is -0.384 e. The number of amides is 1. The molecule has 21 heavy (non-hydrogen) atoms. The van der Waals surface area contributed by atoms with Crippen LogP contribution >= 0.6 is 23.2 Å². The number of hydrogen-bond acceptors (Lipinski definition) is 2. The summed E-state index contributed by atoms with van der Waals surface area (Å²) in [5.74, 6) is 5.00. The smallest absolute Gasteiger partial charge is 0.255 e. The summed E-state index contributed by atoms with van der Waals surface area (Å²) in [7, 11) is 0. The van der Waals surface area contributed by atoms with E-state index in [1.807, 2.05) is 0 Å². The van der Waals surface area contributed by atoms with Crippen molar-refractivity contribution in [2.45, 2.75) is 0 Å². The van der Waals surface area contributed by atoms with Crippen molar-refractivity contribution in [3.05, 3.63) is 63.6 Å². The Labute approximate surface area is 132 Å². The fourth-order valence-corrected chi connectivity index (χ4v) is 1.93. The van der Waals surface area contributed by atoms with Gasteiger partial charge in [-0.15, -0.1) is 0 Å². The predicted octanol–water partition coefficient (Wildman–Crippen LogP) is 3.59. The standard InChI is InChI=1S/C16H11Cl2NO2/c17-13-6-4-12(5-7-13)16(21)19-15-10-11(2-1-9-20)3-8-14(15)18/h3-8,10,20H,9H2,(H,19,21). The van der Waals surface area contributed by atoms with Crippen LogP contribution in [0, 0.1) is 11.8 Å². The fraction of sp³-hybridized carbons (Fsp3) is 0.0625. The Morgan fingerprint density at radius 2 is 1.86 bits per heavy atom. The number of carbonyl (C=O) groups is 1. The molecule has 0 unspecified atom stereocenters. The summed E-state index contributed by atoms with van der Waals surface area (Å²) >= 11 is 11.8. The molecule has 3 nitrogen and oxygen atoms in total. The SMILES string of the molecule is O=C(Nc1cc(C#CCO)ccc1Cl)c1ccc(Cl)cc1. The molecular weight excluding hydrogens is 309 g/mol. The van der Waals surface area contributed by atoms with Crippen molar-refractivity contribution in [2.24, 2.45) is 0 Å². The summed E-state index contributed by atoms with van der Waals surface area (Å²) in [5, 5.41) is 12.4. The van der Waals surface area contributed by atoms with Gasteiger partial charge in [0.1, 0.15) is 6.61 Å². The molecule has 0 radical (unpaired) electrons. The monoisotopic (exact) mass is 319 g/mol. The number of benzene rings is 2. The molecule has 0 saturated heterocycles. The minimum absolute atomic E-state index is 0.227. The van der Waals surface area contributed by atoms with Crippen molar-refractivity contribution in [2.75, 3.05) is 11.9 Å². The molecule has 0 spiro atoms. The van der Waals surface area contributed by atoms with Gasteiger partial charge in [-0.3, -0.25) is 4.79 Å². The summed E-state index contributed by atoms with van der Waals surface area (Å²) in [4.78, 5) is 12.1. The topological polar surface area (TPSA) is 49.3 Å². The van der Waals surface area contributed by atoms with Crippen LogP contribution in [-0.2, 0) is 0 Å². The quantitative estimate of drug-likeness (QED) is 0.831. The summed E-state index contributed by atoms with van der Waals surface area (Å²) in [6.45, 7) is -0.227. The number of aliphatic hydroxyl groups is 1. The molecule has 0 fully saturated rings. The number of halogens is 2.